The number of para-hydroxylation sites is 1. The molecule has 0 atom stereocenters. The number of ether oxygens (including phenoxy) is 1. The van der Waals surface area contributed by atoms with E-state index in [2.05, 4.69) is 0 Å². The monoisotopic (exact) mass is 531 g/mol. The van der Waals surface area contributed by atoms with Crippen LogP contribution in [0, 0.1) is 34.6 Å². The number of benzene rings is 3. The number of Topliss-reactive ketones (excluding diaryl/α,β-unsaturated/α-hetero) is 1. The minimum absolute atomic E-state index is 0.0137. The topological polar surface area (TPSA) is 91.7 Å². The van der Waals surface area contributed by atoms with Crippen LogP contribution in [-0.4, -0.2) is 31.3 Å². The third kappa shape index (κ3) is 5.55. The first-order valence-corrected chi connectivity index (χ1v) is 13.5. The number of hydrogen-bond donors (Lipinski definition) is 0. The summed E-state index contributed by atoms with van der Waals surface area (Å²) in [6.07, 6.45) is 0. The lowest BCUT2D eigenvalue weighted by Gasteiger charge is -2.13. The van der Waals surface area contributed by atoms with Gasteiger partial charge in [0.2, 0.25) is 5.78 Å². The summed E-state index contributed by atoms with van der Waals surface area (Å²) in [5, 5.41) is 0. The van der Waals surface area contributed by atoms with Crippen molar-refractivity contribution in [1.82, 2.24) is 4.57 Å². The van der Waals surface area contributed by atoms with Crippen molar-refractivity contribution in [2.24, 2.45) is 0 Å². The Balaban J connectivity index is 1.52. The standard InChI is InChI=1S/C30H29NO6S/c1-19-11-14-24(15-12-19)31-22(4)17-26(23(31)5)27(32)18-36-30(33)25-8-6-7-9-28(25)37-38(34,35)29-16-20(2)10-13-21(29)3/h6-17H,18H2,1-5H3. The molecule has 0 bridgehead atoms. The van der Waals surface area contributed by atoms with Gasteiger partial charge in [-0.15, -0.1) is 0 Å². The maximum absolute atomic E-state index is 13.0. The summed E-state index contributed by atoms with van der Waals surface area (Å²) in [6, 6.07) is 20.6. The smallest absolute Gasteiger partial charge is 0.342 e. The number of carbonyl (C=O) groups is 2. The van der Waals surface area contributed by atoms with Gasteiger partial charge in [-0.2, -0.15) is 8.42 Å². The average Bonchev–Trinajstić information content (AvgIpc) is 3.18. The second-order valence-electron chi connectivity index (χ2n) is 9.26. The fourth-order valence-electron chi connectivity index (χ4n) is 4.27. The minimum atomic E-state index is -4.21. The summed E-state index contributed by atoms with van der Waals surface area (Å²) in [5.41, 5.74) is 5.28. The first kappa shape index (κ1) is 26.9. The van der Waals surface area contributed by atoms with Crippen LogP contribution >= 0.6 is 0 Å². The molecule has 0 aliphatic rings. The van der Waals surface area contributed by atoms with E-state index in [1.165, 1.54) is 18.2 Å². The lowest BCUT2D eigenvalue weighted by Crippen LogP contribution is -2.17. The van der Waals surface area contributed by atoms with Crippen LogP contribution in [0.15, 0.2) is 77.7 Å². The van der Waals surface area contributed by atoms with Crippen molar-refractivity contribution in [3.8, 4) is 11.4 Å². The highest BCUT2D eigenvalue weighted by molar-refractivity contribution is 7.87. The highest BCUT2D eigenvalue weighted by Gasteiger charge is 2.24. The number of esters is 1. The molecule has 0 radical (unpaired) electrons. The number of carbonyl (C=O) groups excluding carboxylic acids is 2. The number of ketones is 1. The summed E-state index contributed by atoms with van der Waals surface area (Å²) >= 11 is 0. The highest BCUT2D eigenvalue weighted by atomic mass is 32.2. The summed E-state index contributed by atoms with van der Waals surface area (Å²) in [6.45, 7) is 8.68. The zero-order valence-corrected chi connectivity index (χ0v) is 22.8. The molecule has 7 nitrogen and oxygen atoms in total. The van der Waals surface area contributed by atoms with Crippen LogP contribution in [0.5, 0.6) is 5.75 Å². The number of nitrogens with zero attached hydrogens (tertiary/aromatic N) is 1. The molecule has 196 valence electrons. The molecule has 0 spiro atoms. The van der Waals surface area contributed by atoms with Gasteiger partial charge in [-0.25, -0.2) is 4.79 Å². The first-order valence-electron chi connectivity index (χ1n) is 12.0. The largest absolute Gasteiger partial charge is 0.454 e. The molecule has 8 heteroatoms. The maximum Gasteiger partial charge on any atom is 0.342 e. The number of hydrogen-bond acceptors (Lipinski definition) is 6. The zero-order chi connectivity index (χ0) is 27.6. The molecule has 4 aromatic rings. The van der Waals surface area contributed by atoms with E-state index in [1.807, 2.05) is 49.6 Å². The molecular weight excluding hydrogens is 502 g/mol. The lowest BCUT2D eigenvalue weighted by atomic mass is 10.1. The lowest BCUT2D eigenvalue weighted by molar-refractivity contribution is 0.0473. The quantitative estimate of drug-likeness (QED) is 0.161. The van der Waals surface area contributed by atoms with Gasteiger partial charge < -0.3 is 13.5 Å². The van der Waals surface area contributed by atoms with Gasteiger partial charge in [-0.3, -0.25) is 4.79 Å². The highest BCUT2D eigenvalue weighted by Crippen LogP contribution is 2.26. The van der Waals surface area contributed by atoms with E-state index in [0.717, 1.165) is 28.2 Å². The van der Waals surface area contributed by atoms with Gasteiger partial charge in [0.15, 0.2) is 12.4 Å². The van der Waals surface area contributed by atoms with E-state index in [1.54, 1.807) is 44.2 Å². The van der Waals surface area contributed by atoms with Crippen molar-refractivity contribution in [1.29, 1.82) is 0 Å². The molecule has 0 unspecified atom stereocenters. The fourth-order valence-corrected chi connectivity index (χ4v) is 5.53. The SMILES string of the molecule is Cc1ccc(-n2c(C)cc(C(=O)COC(=O)c3ccccc3OS(=O)(=O)c3cc(C)ccc3C)c2C)cc1. The Bertz CT molecular complexity index is 1630. The normalized spacial score (nSPS) is 11.3. The van der Waals surface area contributed by atoms with Crippen LogP contribution < -0.4 is 4.18 Å². The molecule has 0 aliphatic heterocycles. The van der Waals surface area contributed by atoms with Crippen LogP contribution in [-0.2, 0) is 14.9 Å². The Hall–Kier alpha value is -4.17. The fraction of sp³-hybridized carbons (Fsp3) is 0.200. The van der Waals surface area contributed by atoms with E-state index < -0.39 is 22.7 Å². The van der Waals surface area contributed by atoms with Crippen LogP contribution in [0.1, 0.15) is 48.8 Å². The van der Waals surface area contributed by atoms with E-state index in [0.29, 0.717) is 11.1 Å². The molecule has 0 N–H and O–H groups in total. The molecule has 1 aromatic heterocycles. The van der Waals surface area contributed by atoms with Crippen LogP contribution in [0.4, 0.5) is 0 Å². The molecule has 0 saturated heterocycles. The molecule has 38 heavy (non-hydrogen) atoms. The first-order chi connectivity index (χ1) is 18.0. The molecule has 0 fully saturated rings. The summed E-state index contributed by atoms with van der Waals surface area (Å²) in [5.74, 6) is -1.41. The van der Waals surface area contributed by atoms with E-state index in [4.69, 9.17) is 8.92 Å². The molecule has 0 saturated carbocycles. The Morgan fingerprint density at radius 2 is 1.45 bits per heavy atom. The van der Waals surface area contributed by atoms with E-state index >= 15 is 0 Å². The van der Waals surface area contributed by atoms with Crippen molar-refractivity contribution in [3.63, 3.8) is 0 Å². The van der Waals surface area contributed by atoms with E-state index in [9.17, 15) is 18.0 Å². The molecule has 0 amide bonds. The predicted octanol–water partition coefficient (Wildman–Crippen LogP) is 5.83. The van der Waals surface area contributed by atoms with Crippen LogP contribution in [0.2, 0.25) is 0 Å². The Kier molecular flexibility index (Phi) is 7.55. The van der Waals surface area contributed by atoms with E-state index in [-0.39, 0.29) is 22.0 Å². The average molecular weight is 532 g/mol. The van der Waals surface area contributed by atoms with Crippen LogP contribution in [0.3, 0.4) is 0 Å². The zero-order valence-electron chi connectivity index (χ0n) is 21.9. The summed E-state index contributed by atoms with van der Waals surface area (Å²) in [7, 11) is -4.21. The van der Waals surface area contributed by atoms with Crippen molar-refractivity contribution in [2.75, 3.05) is 6.61 Å². The van der Waals surface area contributed by atoms with Crippen molar-refractivity contribution >= 4 is 21.9 Å². The number of aromatic nitrogens is 1. The molecular formula is C30H29NO6S. The third-order valence-corrected chi connectivity index (χ3v) is 7.65. The van der Waals surface area contributed by atoms with Gasteiger partial charge in [0.25, 0.3) is 0 Å². The Morgan fingerprint density at radius 1 is 0.789 bits per heavy atom. The number of aryl methyl sites for hydroxylation is 4. The predicted molar refractivity (Wildman–Crippen MR) is 145 cm³/mol. The Morgan fingerprint density at radius 3 is 2.16 bits per heavy atom. The van der Waals surface area contributed by atoms with Gasteiger partial charge >= 0.3 is 16.1 Å². The minimum Gasteiger partial charge on any atom is -0.454 e. The van der Waals surface area contributed by atoms with Crippen molar-refractivity contribution in [3.05, 3.63) is 112 Å². The van der Waals surface area contributed by atoms with Gasteiger partial charge in [0.05, 0.1) is 0 Å². The van der Waals surface area contributed by atoms with Crippen molar-refractivity contribution in [2.45, 2.75) is 39.5 Å². The number of rotatable bonds is 8. The van der Waals surface area contributed by atoms with Crippen LogP contribution in [0.25, 0.3) is 5.69 Å². The molecule has 3 aromatic carbocycles. The molecule has 1 heterocycles. The van der Waals surface area contributed by atoms with Gasteiger partial charge in [-0.05, 0) is 82.1 Å². The molecule has 0 aliphatic carbocycles. The Labute approximate surface area is 222 Å². The maximum atomic E-state index is 13.0. The van der Waals surface area contributed by atoms with Gasteiger partial charge in [0.1, 0.15) is 10.5 Å². The van der Waals surface area contributed by atoms with Gasteiger partial charge in [-0.1, -0.05) is 42.0 Å². The second-order valence-corrected chi connectivity index (χ2v) is 10.8. The molecule has 4 rings (SSSR count). The van der Waals surface area contributed by atoms with Gasteiger partial charge in [0, 0.05) is 22.6 Å². The summed E-state index contributed by atoms with van der Waals surface area (Å²) in [4.78, 5) is 25.9. The summed E-state index contributed by atoms with van der Waals surface area (Å²) < 4.78 is 38.6. The third-order valence-electron chi connectivity index (χ3n) is 6.28. The van der Waals surface area contributed by atoms with Crippen molar-refractivity contribution < 1.29 is 26.9 Å². The second kappa shape index (κ2) is 10.7.